The summed E-state index contributed by atoms with van der Waals surface area (Å²) in [6.45, 7) is 5.52. The zero-order valence-electron chi connectivity index (χ0n) is 9.73. The van der Waals surface area contributed by atoms with Gasteiger partial charge in [0.25, 0.3) is 0 Å². The molecule has 2 rings (SSSR count). The lowest BCUT2D eigenvalue weighted by Gasteiger charge is -2.39. The smallest absolute Gasteiger partial charge is 0.222 e. The Kier molecular flexibility index (Phi) is 3.08. The molecule has 0 bridgehead atoms. The highest BCUT2D eigenvalue weighted by atomic mass is 16.2. The third-order valence-corrected chi connectivity index (χ3v) is 2.80. The second kappa shape index (κ2) is 4.51. The van der Waals surface area contributed by atoms with Gasteiger partial charge in [0.1, 0.15) is 5.82 Å². The quantitative estimate of drug-likeness (QED) is 0.836. The molecule has 1 aliphatic rings. The topological polar surface area (TPSA) is 45.2 Å². The van der Waals surface area contributed by atoms with Crippen molar-refractivity contribution >= 4 is 11.7 Å². The van der Waals surface area contributed by atoms with E-state index in [2.05, 4.69) is 10.3 Å². The van der Waals surface area contributed by atoms with Crippen molar-refractivity contribution in [1.82, 2.24) is 9.88 Å². The number of rotatable bonds is 3. The maximum atomic E-state index is 11.3. The lowest BCUT2D eigenvalue weighted by molar-refractivity contribution is -0.134. The molecule has 4 heteroatoms. The molecule has 1 aliphatic heterocycles. The van der Waals surface area contributed by atoms with Gasteiger partial charge in [-0.1, -0.05) is 6.92 Å². The van der Waals surface area contributed by atoms with Gasteiger partial charge in [0.15, 0.2) is 0 Å². The number of anilines is 1. The Morgan fingerprint density at radius 1 is 1.62 bits per heavy atom. The van der Waals surface area contributed by atoms with Crippen LogP contribution in [-0.4, -0.2) is 34.9 Å². The monoisotopic (exact) mass is 219 g/mol. The minimum Gasteiger partial charge on any atom is -0.364 e. The van der Waals surface area contributed by atoms with Crippen LogP contribution in [0, 0.1) is 6.92 Å². The van der Waals surface area contributed by atoms with Crippen molar-refractivity contribution in [2.75, 3.05) is 18.4 Å². The molecule has 0 aromatic carbocycles. The molecule has 1 N–H and O–H groups in total. The van der Waals surface area contributed by atoms with E-state index in [0.717, 1.165) is 18.9 Å². The number of amides is 1. The Bertz CT molecular complexity index is 386. The van der Waals surface area contributed by atoms with Crippen molar-refractivity contribution in [2.45, 2.75) is 26.3 Å². The number of aryl methyl sites for hydroxylation is 1. The van der Waals surface area contributed by atoms with Gasteiger partial charge in [-0.05, 0) is 24.6 Å². The normalized spacial score (nSPS) is 15.8. The molecule has 0 radical (unpaired) electrons. The summed E-state index contributed by atoms with van der Waals surface area (Å²) in [5, 5.41) is 3.32. The summed E-state index contributed by atoms with van der Waals surface area (Å²) in [5.74, 6) is 1.13. The summed E-state index contributed by atoms with van der Waals surface area (Å²) in [7, 11) is 0. The summed E-state index contributed by atoms with van der Waals surface area (Å²) in [4.78, 5) is 17.4. The van der Waals surface area contributed by atoms with Gasteiger partial charge in [-0.15, -0.1) is 0 Å². The van der Waals surface area contributed by atoms with Crippen LogP contribution >= 0.6 is 0 Å². The van der Waals surface area contributed by atoms with Crippen molar-refractivity contribution < 1.29 is 4.79 Å². The minimum absolute atomic E-state index is 0.232. The van der Waals surface area contributed by atoms with Crippen molar-refractivity contribution in [3.05, 3.63) is 23.9 Å². The van der Waals surface area contributed by atoms with E-state index in [4.69, 9.17) is 0 Å². The molecule has 0 saturated carbocycles. The first kappa shape index (κ1) is 10.9. The zero-order chi connectivity index (χ0) is 11.5. The Labute approximate surface area is 95.7 Å². The number of hydrogen-bond donors (Lipinski definition) is 1. The Hall–Kier alpha value is -1.58. The summed E-state index contributed by atoms with van der Waals surface area (Å²) in [6.07, 6.45) is 2.39. The van der Waals surface area contributed by atoms with Gasteiger partial charge in [0, 0.05) is 25.7 Å². The first-order valence-electron chi connectivity index (χ1n) is 5.66. The van der Waals surface area contributed by atoms with Gasteiger partial charge in [0.05, 0.1) is 6.04 Å². The van der Waals surface area contributed by atoms with Crippen LogP contribution in [0.3, 0.4) is 0 Å². The largest absolute Gasteiger partial charge is 0.364 e. The van der Waals surface area contributed by atoms with Gasteiger partial charge < -0.3 is 10.2 Å². The predicted molar refractivity (Wildman–Crippen MR) is 63.3 cm³/mol. The third-order valence-electron chi connectivity index (χ3n) is 2.80. The molecule has 1 fully saturated rings. The van der Waals surface area contributed by atoms with E-state index in [0.29, 0.717) is 12.5 Å². The molecule has 16 heavy (non-hydrogen) atoms. The fourth-order valence-corrected chi connectivity index (χ4v) is 1.82. The van der Waals surface area contributed by atoms with Crippen LogP contribution in [0.2, 0.25) is 0 Å². The fraction of sp³-hybridized carbons (Fsp3) is 0.500. The highest BCUT2D eigenvalue weighted by Crippen LogP contribution is 2.15. The minimum atomic E-state index is 0.232. The van der Waals surface area contributed by atoms with Gasteiger partial charge in [0.2, 0.25) is 5.91 Å². The highest BCUT2D eigenvalue weighted by molar-refractivity contribution is 5.77. The summed E-state index contributed by atoms with van der Waals surface area (Å²) >= 11 is 0. The fourth-order valence-electron chi connectivity index (χ4n) is 1.82. The summed E-state index contributed by atoms with van der Waals surface area (Å²) in [5.41, 5.74) is 1.19. The molecule has 0 atom stereocenters. The molecule has 0 unspecified atom stereocenters. The van der Waals surface area contributed by atoms with E-state index < -0.39 is 0 Å². The molecule has 1 amide bonds. The SMILES string of the molecule is CCC(=O)N1CC(Nc2cc(C)ccn2)C1. The molecule has 1 aromatic rings. The molecule has 86 valence electrons. The molecule has 0 spiro atoms. The lowest BCUT2D eigenvalue weighted by Crippen LogP contribution is -2.56. The maximum absolute atomic E-state index is 11.3. The number of nitrogens with zero attached hydrogens (tertiary/aromatic N) is 2. The van der Waals surface area contributed by atoms with Crippen LogP contribution in [0.1, 0.15) is 18.9 Å². The average Bonchev–Trinajstić information content (AvgIpc) is 2.22. The first-order valence-corrected chi connectivity index (χ1v) is 5.66. The van der Waals surface area contributed by atoms with Crippen LogP contribution in [0.25, 0.3) is 0 Å². The van der Waals surface area contributed by atoms with Gasteiger partial charge in [-0.25, -0.2) is 4.98 Å². The highest BCUT2D eigenvalue weighted by Gasteiger charge is 2.29. The van der Waals surface area contributed by atoms with E-state index in [1.807, 2.05) is 30.9 Å². The lowest BCUT2D eigenvalue weighted by atomic mass is 10.1. The number of likely N-dealkylation sites (tertiary alicyclic amines) is 1. The van der Waals surface area contributed by atoms with E-state index in [1.165, 1.54) is 5.56 Å². The van der Waals surface area contributed by atoms with E-state index >= 15 is 0 Å². The molecule has 1 aromatic heterocycles. The Morgan fingerprint density at radius 2 is 2.38 bits per heavy atom. The number of nitrogens with one attached hydrogen (secondary N) is 1. The zero-order valence-corrected chi connectivity index (χ0v) is 9.73. The first-order chi connectivity index (χ1) is 7.69. The summed E-state index contributed by atoms with van der Waals surface area (Å²) in [6, 6.07) is 4.34. The number of carbonyl (C=O) groups excluding carboxylic acids is 1. The second-order valence-electron chi connectivity index (χ2n) is 4.21. The van der Waals surface area contributed by atoms with Crippen LogP contribution in [0.4, 0.5) is 5.82 Å². The summed E-state index contributed by atoms with van der Waals surface area (Å²) < 4.78 is 0. The molecule has 0 aliphatic carbocycles. The molecule has 4 nitrogen and oxygen atoms in total. The average molecular weight is 219 g/mol. The van der Waals surface area contributed by atoms with Crippen molar-refractivity contribution in [1.29, 1.82) is 0 Å². The second-order valence-corrected chi connectivity index (χ2v) is 4.21. The van der Waals surface area contributed by atoms with Crippen molar-refractivity contribution in [2.24, 2.45) is 0 Å². The van der Waals surface area contributed by atoms with Gasteiger partial charge in [-0.2, -0.15) is 0 Å². The van der Waals surface area contributed by atoms with Crippen molar-refractivity contribution in [3.8, 4) is 0 Å². The van der Waals surface area contributed by atoms with Crippen LogP contribution in [0.15, 0.2) is 18.3 Å². The van der Waals surface area contributed by atoms with E-state index in [1.54, 1.807) is 6.20 Å². The predicted octanol–water partition coefficient (Wildman–Crippen LogP) is 1.42. The Morgan fingerprint density at radius 3 is 3.00 bits per heavy atom. The van der Waals surface area contributed by atoms with Crippen molar-refractivity contribution in [3.63, 3.8) is 0 Å². The van der Waals surface area contributed by atoms with Gasteiger partial charge in [-0.3, -0.25) is 4.79 Å². The Balaban J connectivity index is 1.84. The third kappa shape index (κ3) is 2.32. The number of hydrogen-bond acceptors (Lipinski definition) is 3. The standard InChI is InChI=1S/C12H17N3O/c1-3-12(16)15-7-10(8-15)14-11-6-9(2)4-5-13-11/h4-6,10H,3,7-8H2,1-2H3,(H,13,14). The van der Waals surface area contributed by atoms with Gasteiger partial charge >= 0.3 is 0 Å². The number of pyridine rings is 1. The number of aromatic nitrogens is 1. The van der Waals surface area contributed by atoms with Crippen LogP contribution in [0.5, 0.6) is 0 Å². The molecular formula is C12H17N3O. The van der Waals surface area contributed by atoms with E-state index in [-0.39, 0.29) is 5.91 Å². The molecule has 1 saturated heterocycles. The van der Waals surface area contributed by atoms with E-state index in [9.17, 15) is 4.79 Å². The number of carbonyl (C=O) groups is 1. The van der Waals surface area contributed by atoms with Crippen LogP contribution in [-0.2, 0) is 4.79 Å². The molecular weight excluding hydrogens is 202 g/mol. The molecule has 2 heterocycles. The van der Waals surface area contributed by atoms with Crippen LogP contribution < -0.4 is 5.32 Å². The maximum Gasteiger partial charge on any atom is 0.222 e.